The maximum atomic E-state index is 13.1. The summed E-state index contributed by atoms with van der Waals surface area (Å²) in [5.41, 5.74) is 1.68. The Morgan fingerprint density at radius 1 is 1.04 bits per heavy atom. The van der Waals surface area contributed by atoms with E-state index in [1.807, 2.05) is 12.1 Å². The van der Waals surface area contributed by atoms with Crippen LogP contribution in [0.15, 0.2) is 24.3 Å². The zero-order valence-corrected chi connectivity index (χ0v) is 13.8. The quantitative estimate of drug-likeness (QED) is 0.763. The van der Waals surface area contributed by atoms with Crippen LogP contribution in [-0.4, -0.2) is 64.2 Å². The number of carbonyl (C=O) groups excluding carboxylic acids is 1. The zero-order chi connectivity index (χ0) is 16.6. The van der Waals surface area contributed by atoms with E-state index in [9.17, 15) is 17.1 Å². The number of hydrogen-bond acceptors (Lipinski definition) is 5. The number of piperazine rings is 1. The molecule has 2 aliphatic rings. The van der Waals surface area contributed by atoms with Gasteiger partial charge in [-0.1, -0.05) is 0 Å². The minimum absolute atomic E-state index is 0.120. The van der Waals surface area contributed by atoms with Crippen molar-refractivity contribution in [1.82, 2.24) is 4.90 Å². The topological polar surface area (TPSA) is 60.9 Å². The lowest BCUT2D eigenvalue weighted by atomic mass is 10.2. The van der Waals surface area contributed by atoms with Crippen molar-refractivity contribution in [2.45, 2.75) is 11.7 Å². The van der Waals surface area contributed by atoms with Gasteiger partial charge < -0.3 is 14.7 Å². The Hall–Kier alpha value is -1.67. The van der Waals surface area contributed by atoms with Crippen LogP contribution in [0.25, 0.3) is 0 Å². The number of likely N-dealkylation sites (N-methyl/N-ethyl adjacent to an activating group) is 1. The number of anilines is 2. The second-order valence-corrected chi connectivity index (χ2v) is 7.73. The summed E-state index contributed by atoms with van der Waals surface area (Å²) in [4.78, 5) is 17.8. The highest BCUT2D eigenvalue weighted by atomic mass is 32.3. The fraction of sp³-hybridized carbons (Fsp3) is 0.533. The van der Waals surface area contributed by atoms with Gasteiger partial charge in [-0.05, 0) is 31.3 Å². The van der Waals surface area contributed by atoms with Gasteiger partial charge in [0.05, 0.1) is 0 Å². The summed E-state index contributed by atoms with van der Waals surface area (Å²) in [6, 6.07) is 7.42. The molecule has 23 heavy (non-hydrogen) atoms. The molecule has 2 aliphatic heterocycles. The predicted octanol–water partition coefficient (Wildman–Crippen LogP) is 0.843. The summed E-state index contributed by atoms with van der Waals surface area (Å²) in [7, 11) is -2.59. The van der Waals surface area contributed by atoms with E-state index in [-0.39, 0.29) is 18.9 Å². The molecule has 2 saturated heterocycles. The first-order chi connectivity index (χ1) is 10.8. The van der Waals surface area contributed by atoms with Crippen molar-refractivity contribution in [1.29, 1.82) is 0 Å². The minimum atomic E-state index is -4.68. The Labute approximate surface area is 135 Å². The van der Waals surface area contributed by atoms with Crippen molar-refractivity contribution in [3.63, 3.8) is 0 Å². The van der Waals surface area contributed by atoms with Crippen LogP contribution in [0, 0.1) is 0 Å². The summed E-state index contributed by atoms with van der Waals surface area (Å²) in [6.45, 7) is 3.78. The molecule has 0 bridgehead atoms. The van der Waals surface area contributed by atoms with E-state index in [1.54, 1.807) is 12.1 Å². The highest BCUT2D eigenvalue weighted by molar-refractivity contribution is 7.87. The van der Waals surface area contributed by atoms with Gasteiger partial charge in [-0.25, -0.2) is 0 Å². The zero-order valence-electron chi connectivity index (χ0n) is 13.0. The van der Waals surface area contributed by atoms with Crippen LogP contribution >= 0.6 is 0 Å². The van der Waals surface area contributed by atoms with Crippen LogP contribution in [0.2, 0.25) is 0 Å². The van der Waals surface area contributed by atoms with Crippen molar-refractivity contribution < 1.29 is 17.1 Å². The molecule has 0 N–H and O–H groups in total. The molecule has 126 valence electrons. The molecule has 0 saturated carbocycles. The van der Waals surface area contributed by atoms with Crippen LogP contribution in [0.3, 0.4) is 0 Å². The van der Waals surface area contributed by atoms with Crippen molar-refractivity contribution >= 4 is 27.5 Å². The first-order valence-electron chi connectivity index (χ1n) is 7.62. The fourth-order valence-corrected chi connectivity index (χ4v) is 3.69. The van der Waals surface area contributed by atoms with E-state index >= 15 is 0 Å². The summed E-state index contributed by atoms with van der Waals surface area (Å²) < 4.78 is 35.1. The third kappa shape index (κ3) is 3.48. The molecule has 3 rings (SSSR count). The van der Waals surface area contributed by atoms with Gasteiger partial charge in [-0.3, -0.25) is 4.79 Å². The molecule has 0 radical (unpaired) electrons. The normalized spacial score (nSPS) is 23.6. The fourth-order valence-electron chi connectivity index (χ4n) is 3.02. The standard InChI is InChI=1S/C15H20FN3O3S/c1-17-6-8-18(9-7-17)12-2-4-13(5-3-12)19-11-14(10-15(19)20)23(16,21)22/h2-5,14H,6-11H2,1H3. The van der Waals surface area contributed by atoms with Crippen molar-refractivity contribution in [2.75, 3.05) is 49.6 Å². The van der Waals surface area contributed by atoms with Gasteiger partial charge >= 0.3 is 10.2 Å². The SMILES string of the molecule is CN1CCN(c2ccc(N3CC(S(=O)(=O)F)CC3=O)cc2)CC1. The number of carbonyl (C=O) groups is 1. The van der Waals surface area contributed by atoms with E-state index in [0.29, 0.717) is 5.69 Å². The molecule has 1 atom stereocenters. The van der Waals surface area contributed by atoms with Crippen LogP contribution in [0.5, 0.6) is 0 Å². The first kappa shape index (κ1) is 16.2. The largest absolute Gasteiger partial charge is 0.369 e. The lowest BCUT2D eigenvalue weighted by Crippen LogP contribution is -2.44. The molecule has 0 aliphatic carbocycles. The summed E-state index contributed by atoms with van der Waals surface area (Å²) in [6.07, 6.45) is -0.293. The highest BCUT2D eigenvalue weighted by Crippen LogP contribution is 2.28. The van der Waals surface area contributed by atoms with E-state index in [2.05, 4.69) is 16.8 Å². The van der Waals surface area contributed by atoms with E-state index in [0.717, 1.165) is 31.9 Å². The van der Waals surface area contributed by atoms with Crippen molar-refractivity contribution in [2.24, 2.45) is 0 Å². The van der Waals surface area contributed by atoms with Gasteiger partial charge in [0.1, 0.15) is 5.25 Å². The first-order valence-corrected chi connectivity index (χ1v) is 9.06. The molecule has 8 heteroatoms. The average Bonchev–Trinajstić information content (AvgIpc) is 2.90. The van der Waals surface area contributed by atoms with Gasteiger partial charge in [0.15, 0.2) is 0 Å². The Kier molecular flexibility index (Phi) is 4.29. The molecular formula is C15H20FN3O3S. The number of benzene rings is 1. The molecule has 1 amide bonds. The molecule has 1 unspecified atom stereocenters. The van der Waals surface area contributed by atoms with Gasteiger partial charge in [-0.15, -0.1) is 3.89 Å². The average molecular weight is 341 g/mol. The summed E-state index contributed by atoms with van der Waals surface area (Å²) >= 11 is 0. The van der Waals surface area contributed by atoms with Gasteiger partial charge in [0, 0.05) is 50.5 Å². The number of rotatable bonds is 3. The molecular weight excluding hydrogens is 321 g/mol. The molecule has 1 aromatic carbocycles. The lowest BCUT2D eigenvalue weighted by molar-refractivity contribution is -0.117. The second kappa shape index (κ2) is 6.09. The third-order valence-electron chi connectivity index (χ3n) is 4.52. The highest BCUT2D eigenvalue weighted by Gasteiger charge is 2.39. The van der Waals surface area contributed by atoms with Crippen LogP contribution in [0.1, 0.15) is 6.42 Å². The van der Waals surface area contributed by atoms with Gasteiger partial charge in [-0.2, -0.15) is 8.42 Å². The molecule has 2 fully saturated rings. The number of halogens is 1. The Balaban J connectivity index is 1.71. The van der Waals surface area contributed by atoms with Crippen LogP contribution < -0.4 is 9.80 Å². The van der Waals surface area contributed by atoms with E-state index in [4.69, 9.17) is 0 Å². The van der Waals surface area contributed by atoms with Crippen LogP contribution in [0.4, 0.5) is 15.3 Å². The number of amides is 1. The van der Waals surface area contributed by atoms with E-state index < -0.39 is 15.5 Å². The maximum absolute atomic E-state index is 13.1. The van der Waals surface area contributed by atoms with Crippen molar-refractivity contribution in [3.05, 3.63) is 24.3 Å². The van der Waals surface area contributed by atoms with Crippen LogP contribution in [-0.2, 0) is 15.0 Å². The second-order valence-electron chi connectivity index (χ2n) is 6.11. The Morgan fingerprint density at radius 2 is 1.61 bits per heavy atom. The monoisotopic (exact) mass is 341 g/mol. The number of hydrogen-bond donors (Lipinski definition) is 0. The van der Waals surface area contributed by atoms with Crippen molar-refractivity contribution in [3.8, 4) is 0 Å². The maximum Gasteiger partial charge on any atom is 0.307 e. The predicted molar refractivity (Wildman–Crippen MR) is 86.9 cm³/mol. The lowest BCUT2D eigenvalue weighted by Gasteiger charge is -2.34. The Bertz CT molecular complexity index is 684. The molecule has 2 heterocycles. The number of nitrogens with zero attached hydrogens (tertiary/aromatic N) is 3. The summed E-state index contributed by atoms with van der Waals surface area (Å²) in [5, 5.41) is -1.26. The smallest absolute Gasteiger partial charge is 0.307 e. The minimum Gasteiger partial charge on any atom is -0.369 e. The van der Waals surface area contributed by atoms with Gasteiger partial charge in [0.25, 0.3) is 0 Å². The molecule has 6 nitrogen and oxygen atoms in total. The Morgan fingerprint density at radius 3 is 2.13 bits per heavy atom. The molecule has 0 aromatic heterocycles. The third-order valence-corrected chi connectivity index (χ3v) is 5.63. The summed E-state index contributed by atoms with van der Waals surface area (Å²) in [5.74, 6) is -0.358. The van der Waals surface area contributed by atoms with Gasteiger partial charge in [0.2, 0.25) is 5.91 Å². The molecule has 1 aromatic rings. The van der Waals surface area contributed by atoms with E-state index in [1.165, 1.54) is 4.90 Å². The molecule has 0 spiro atoms.